The van der Waals surface area contributed by atoms with Crippen LogP contribution < -0.4 is 5.56 Å². The molecule has 2 aromatic heterocycles. The summed E-state index contributed by atoms with van der Waals surface area (Å²) in [6, 6.07) is 19.3. The van der Waals surface area contributed by atoms with E-state index in [1.54, 1.807) is 4.57 Å². The molecule has 8 heteroatoms. The minimum Gasteiger partial charge on any atom is -0.337 e. The van der Waals surface area contributed by atoms with Gasteiger partial charge in [-0.3, -0.25) is 14.2 Å². The molecule has 2 heterocycles. The summed E-state index contributed by atoms with van der Waals surface area (Å²) in [4.78, 5) is 36.1. The summed E-state index contributed by atoms with van der Waals surface area (Å²) in [5.74, 6) is 0.778. The van der Waals surface area contributed by atoms with Crippen LogP contribution in [0.25, 0.3) is 10.2 Å². The van der Waals surface area contributed by atoms with Crippen LogP contribution in [0.5, 0.6) is 0 Å². The Balaban J connectivity index is 1.54. The molecule has 0 aliphatic heterocycles. The first-order valence-corrected chi connectivity index (χ1v) is 13.3. The van der Waals surface area contributed by atoms with Gasteiger partial charge in [0.25, 0.3) is 11.5 Å². The number of rotatable bonds is 10. The third kappa shape index (κ3) is 6.45. The van der Waals surface area contributed by atoms with E-state index in [0.29, 0.717) is 43.4 Å². The molecule has 182 valence electrons. The van der Waals surface area contributed by atoms with Crippen LogP contribution in [0.3, 0.4) is 0 Å². The lowest BCUT2D eigenvalue weighted by Gasteiger charge is -2.25. The van der Waals surface area contributed by atoms with Crippen molar-refractivity contribution >= 4 is 43.4 Å². The van der Waals surface area contributed by atoms with Crippen molar-refractivity contribution in [2.45, 2.75) is 19.4 Å². The summed E-state index contributed by atoms with van der Waals surface area (Å²) in [5, 5.41) is 2.57. The number of aryl methyl sites for hydroxylation is 1. The molecule has 4 aromatic rings. The summed E-state index contributed by atoms with van der Waals surface area (Å²) >= 11 is 4.92. The summed E-state index contributed by atoms with van der Waals surface area (Å²) < 4.78 is 2.73. The van der Waals surface area contributed by atoms with Crippen LogP contribution in [0.1, 0.15) is 28.2 Å². The predicted molar refractivity (Wildman–Crippen MR) is 146 cm³/mol. The van der Waals surface area contributed by atoms with Gasteiger partial charge in [-0.15, -0.1) is 11.3 Å². The van der Waals surface area contributed by atoms with Crippen molar-refractivity contribution in [3.8, 4) is 0 Å². The van der Waals surface area contributed by atoms with Gasteiger partial charge in [0.1, 0.15) is 10.7 Å². The summed E-state index contributed by atoms with van der Waals surface area (Å²) in [6.45, 7) is 2.48. The minimum absolute atomic E-state index is 0.00879. The third-order valence-corrected chi connectivity index (χ3v) is 7.21. The Hall–Kier alpha value is -2.81. The SMILES string of the molecule is CN(C)CCN(CCCc1nc2sccc2c(=O)n1Cc1ccccc1)C(=O)c1ccc(Br)cc1. The number of halogens is 1. The molecule has 2 aromatic carbocycles. The van der Waals surface area contributed by atoms with Crippen molar-refractivity contribution in [3.05, 3.63) is 97.8 Å². The van der Waals surface area contributed by atoms with Crippen LogP contribution in [0.15, 0.2) is 75.3 Å². The summed E-state index contributed by atoms with van der Waals surface area (Å²) in [7, 11) is 4.01. The molecular formula is C27H29BrN4O2S. The molecule has 0 bridgehead atoms. The number of aromatic nitrogens is 2. The minimum atomic E-state index is -0.00879. The number of thiophene rings is 1. The van der Waals surface area contributed by atoms with E-state index in [1.807, 2.05) is 85.0 Å². The fourth-order valence-corrected chi connectivity index (χ4v) is 4.99. The fourth-order valence-electron chi connectivity index (χ4n) is 3.95. The molecule has 0 fully saturated rings. The van der Waals surface area contributed by atoms with Gasteiger partial charge < -0.3 is 9.80 Å². The van der Waals surface area contributed by atoms with Gasteiger partial charge in [0, 0.05) is 36.1 Å². The second-order valence-corrected chi connectivity index (χ2v) is 10.6. The molecule has 4 rings (SSSR count). The number of nitrogens with zero attached hydrogens (tertiary/aromatic N) is 4. The Bertz CT molecular complexity index is 1330. The molecule has 35 heavy (non-hydrogen) atoms. The molecule has 1 amide bonds. The number of carbonyl (C=O) groups excluding carboxylic acids is 1. The lowest BCUT2D eigenvalue weighted by Crippen LogP contribution is -2.37. The second-order valence-electron chi connectivity index (χ2n) is 8.75. The zero-order valence-corrected chi connectivity index (χ0v) is 22.4. The smallest absolute Gasteiger partial charge is 0.262 e. The topological polar surface area (TPSA) is 58.4 Å². The lowest BCUT2D eigenvalue weighted by atomic mass is 10.1. The first kappa shape index (κ1) is 25.3. The van der Waals surface area contributed by atoms with Crippen LogP contribution in [-0.2, 0) is 13.0 Å². The molecule has 0 saturated carbocycles. The van der Waals surface area contributed by atoms with E-state index in [4.69, 9.17) is 4.98 Å². The zero-order chi connectivity index (χ0) is 24.8. The van der Waals surface area contributed by atoms with Crippen LogP contribution in [0.2, 0.25) is 0 Å². The fraction of sp³-hybridized carbons (Fsp3) is 0.296. The first-order valence-electron chi connectivity index (χ1n) is 11.6. The Kier molecular flexibility index (Phi) is 8.49. The first-order chi connectivity index (χ1) is 16.9. The molecule has 0 aliphatic rings. The summed E-state index contributed by atoms with van der Waals surface area (Å²) in [6.07, 6.45) is 1.33. The normalized spacial score (nSPS) is 11.3. The number of hydrogen-bond donors (Lipinski definition) is 0. The Labute approximate surface area is 218 Å². The van der Waals surface area contributed by atoms with Gasteiger partial charge in [0.15, 0.2) is 0 Å². The van der Waals surface area contributed by atoms with Crippen molar-refractivity contribution in [3.63, 3.8) is 0 Å². The van der Waals surface area contributed by atoms with E-state index in [1.165, 1.54) is 11.3 Å². The van der Waals surface area contributed by atoms with E-state index in [0.717, 1.165) is 27.2 Å². The second kappa shape index (κ2) is 11.7. The number of hydrogen-bond acceptors (Lipinski definition) is 5. The van der Waals surface area contributed by atoms with Gasteiger partial charge in [-0.25, -0.2) is 4.98 Å². The van der Waals surface area contributed by atoms with Gasteiger partial charge in [-0.1, -0.05) is 46.3 Å². The van der Waals surface area contributed by atoms with Gasteiger partial charge in [0.05, 0.1) is 11.9 Å². The van der Waals surface area contributed by atoms with Crippen LogP contribution in [-0.4, -0.2) is 59.0 Å². The molecule has 6 nitrogen and oxygen atoms in total. The van der Waals surface area contributed by atoms with E-state index in [-0.39, 0.29) is 11.5 Å². The Morgan fingerprint density at radius 1 is 1.00 bits per heavy atom. The average molecular weight is 554 g/mol. The average Bonchev–Trinajstić information content (AvgIpc) is 3.33. The molecule has 0 spiro atoms. The van der Waals surface area contributed by atoms with Gasteiger partial charge in [-0.05, 0) is 61.8 Å². The van der Waals surface area contributed by atoms with Crippen LogP contribution in [0, 0.1) is 0 Å². The maximum Gasteiger partial charge on any atom is 0.262 e. The molecule has 0 atom stereocenters. The number of benzene rings is 2. The molecule has 0 unspecified atom stereocenters. The van der Waals surface area contributed by atoms with Crippen molar-refractivity contribution < 1.29 is 4.79 Å². The van der Waals surface area contributed by atoms with Crippen LogP contribution >= 0.6 is 27.3 Å². The highest BCUT2D eigenvalue weighted by Gasteiger charge is 2.17. The standard InChI is InChI=1S/C27H29BrN4O2S/c1-30(2)16-17-31(26(33)21-10-12-22(28)13-11-21)15-6-9-24-29-25-23(14-18-35-25)27(34)32(24)19-20-7-4-3-5-8-20/h3-5,7-8,10-14,18H,6,9,15-17,19H2,1-2H3. The Morgan fingerprint density at radius 2 is 1.74 bits per heavy atom. The zero-order valence-electron chi connectivity index (χ0n) is 20.0. The van der Waals surface area contributed by atoms with Crippen molar-refractivity contribution in [1.29, 1.82) is 0 Å². The third-order valence-electron chi connectivity index (χ3n) is 5.87. The molecule has 0 radical (unpaired) electrons. The largest absolute Gasteiger partial charge is 0.337 e. The van der Waals surface area contributed by atoms with E-state index in [9.17, 15) is 9.59 Å². The predicted octanol–water partition coefficient (Wildman–Crippen LogP) is 4.91. The monoisotopic (exact) mass is 552 g/mol. The van der Waals surface area contributed by atoms with Crippen molar-refractivity contribution in [1.82, 2.24) is 19.4 Å². The maximum atomic E-state index is 13.3. The van der Waals surface area contributed by atoms with E-state index in [2.05, 4.69) is 20.8 Å². The van der Waals surface area contributed by atoms with E-state index < -0.39 is 0 Å². The van der Waals surface area contributed by atoms with E-state index >= 15 is 0 Å². The van der Waals surface area contributed by atoms with Crippen LogP contribution in [0.4, 0.5) is 0 Å². The quantitative estimate of drug-likeness (QED) is 0.280. The van der Waals surface area contributed by atoms with Gasteiger partial charge in [0.2, 0.25) is 0 Å². The van der Waals surface area contributed by atoms with Crippen molar-refractivity contribution in [2.24, 2.45) is 0 Å². The van der Waals surface area contributed by atoms with Crippen molar-refractivity contribution in [2.75, 3.05) is 33.7 Å². The highest BCUT2D eigenvalue weighted by atomic mass is 79.9. The lowest BCUT2D eigenvalue weighted by molar-refractivity contribution is 0.0742. The number of amides is 1. The van der Waals surface area contributed by atoms with Gasteiger partial charge >= 0.3 is 0 Å². The highest BCUT2D eigenvalue weighted by molar-refractivity contribution is 9.10. The molecule has 0 N–H and O–H groups in total. The molecule has 0 saturated heterocycles. The summed E-state index contributed by atoms with van der Waals surface area (Å²) in [5.41, 5.74) is 1.72. The maximum absolute atomic E-state index is 13.3. The highest BCUT2D eigenvalue weighted by Crippen LogP contribution is 2.18. The molecular weight excluding hydrogens is 524 g/mol. The number of fused-ring (bicyclic) bond motifs is 1. The number of likely N-dealkylation sites (N-methyl/N-ethyl adjacent to an activating group) is 1. The number of carbonyl (C=O) groups is 1. The molecule has 0 aliphatic carbocycles. The Morgan fingerprint density at radius 3 is 2.46 bits per heavy atom. The van der Waals surface area contributed by atoms with Gasteiger partial charge in [-0.2, -0.15) is 0 Å².